The second kappa shape index (κ2) is 7.74. The van der Waals surface area contributed by atoms with Gasteiger partial charge in [0.2, 0.25) is 5.91 Å². The summed E-state index contributed by atoms with van der Waals surface area (Å²) in [4.78, 5) is 27.9. The average Bonchev–Trinajstić information content (AvgIpc) is 3.03. The molecule has 2 fully saturated rings. The van der Waals surface area contributed by atoms with Gasteiger partial charge in [-0.2, -0.15) is 13.2 Å². The Morgan fingerprint density at radius 3 is 2.41 bits per heavy atom. The molecule has 2 aliphatic heterocycles. The Morgan fingerprint density at radius 1 is 1.07 bits per heavy atom. The highest BCUT2D eigenvalue weighted by Crippen LogP contribution is 2.35. The van der Waals surface area contributed by atoms with Crippen LogP contribution in [-0.4, -0.2) is 53.6 Å². The van der Waals surface area contributed by atoms with Crippen molar-refractivity contribution in [2.24, 2.45) is 0 Å². The average molecular weight is 387 g/mol. The molecular weight excluding hydrogens is 366 g/mol. The lowest BCUT2D eigenvalue weighted by Crippen LogP contribution is -2.50. The summed E-state index contributed by atoms with van der Waals surface area (Å²) in [5.74, 6) is -0.339. The lowest BCUT2D eigenvalue weighted by molar-refractivity contribution is -0.137. The Morgan fingerprint density at radius 2 is 1.74 bits per heavy atom. The number of urea groups is 1. The van der Waals surface area contributed by atoms with E-state index in [4.69, 9.17) is 0 Å². The van der Waals surface area contributed by atoms with Crippen molar-refractivity contribution >= 4 is 17.6 Å². The highest BCUT2D eigenvalue weighted by atomic mass is 19.4. The number of alkyl halides is 4. The van der Waals surface area contributed by atoms with E-state index in [1.54, 1.807) is 4.90 Å². The fraction of sp³-hybridized carbons (Fsp3) is 0.556. The van der Waals surface area contributed by atoms with E-state index < -0.39 is 35.7 Å². The van der Waals surface area contributed by atoms with Crippen LogP contribution in [0, 0.1) is 0 Å². The number of hydrogen-bond acceptors (Lipinski definition) is 2. The summed E-state index contributed by atoms with van der Waals surface area (Å²) < 4.78 is 53.2. The Labute approximate surface area is 154 Å². The molecule has 1 aromatic carbocycles. The van der Waals surface area contributed by atoms with Gasteiger partial charge in [-0.25, -0.2) is 9.18 Å². The number of benzene rings is 1. The summed E-state index contributed by atoms with van der Waals surface area (Å²) in [7, 11) is 0. The van der Waals surface area contributed by atoms with Crippen LogP contribution in [0.1, 0.15) is 31.2 Å². The van der Waals surface area contributed by atoms with Gasteiger partial charge in [0.05, 0.1) is 17.8 Å². The summed E-state index contributed by atoms with van der Waals surface area (Å²) in [6.07, 6.45) is -3.44. The zero-order chi connectivity index (χ0) is 19.6. The van der Waals surface area contributed by atoms with Gasteiger partial charge in [-0.1, -0.05) is 12.1 Å². The van der Waals surface area contributed by atoms with E-state index in [-0.39, 0.29) is 18.9 Å². The number of nitrogens with zero attached hydrogens (tertiary/aromatic N) is 2. The normalized spacial score (nSPS) is 23.4. The summed E-state index contributed by atoms with van der Waals surface area (Å²) in [6, 6.07) is 2.68. The molecule has 2 saturated heterocycles. The number of rotatable bonds is 2. The zero-order valence-corrected chi connectivity index (χ0v) is 14.6. The van der Waals surface area contributed by atoms with Crippen molar-refractivity contribution in [2.45, 2.75) is 44.1 Å². The van der Waals surface area contributed by atoms with E-state index >= 15 is 0 Å². The van der Waals surface area contributed by atoms with Gasteiger partial charge in [-0.05, 0) is 31.4 Å². The number of para-hydroxylation sites is 1. The molecule has 2 aliphatic rings. The maximum Gasteiger partial charge on any atom is 0.418 e. The van der Waals surface area contributed by atoms with E-state index in [0.29, 0.717) is 13.1 Å². The van der Waals surface area contributed by atoms with Gasteiger partial charge in [0.25, 0.3) is 0 Å². The van der Waals surface area contributed by atoms with Crippen LogP contribution >= 0.6 is 0 Å². The molecule has 3 amide bonds. The fourth-order valence-corrected chi connectivity index (χ4v) is 3.59. The minimum atomic E-state index is -4.64. The second-order valence-corrected chi connectivity index (χ2v) is 6.86. The van der Waals surface area contributed by atoms with Crippen LogP contribution in [0.5, 0.6) is 0 Å². The molecule has 9 heteroatoms. The van der Waals surface area contributed by atoms with E-state index in [2.05, 4.69) is 5.32 Å². The largest absolute Gasteiger partial charge is 0.418 e. The number of nitrogens with one attached hydrogen (secondary N) is 1. The molecule has 1 aromatic rings. The minimum absolute atomic E-state index is 0.135. The van der Waals surface area contributed by atoms with E-state index in [1.807, 2.05) is 0 Å². The third-order valence-corrected chi connectivity index (χ3v) is 4.94. The first-order chi connectivity index (χ1) is 12.8. The quantitative estimate of drug-likeness (QED) is 0.788. The van der Waals surface area contributed by atoms with Crippen molar-refractivity contribution in [3.8, 4) is 0 Å². The third-order valence-electron chi connectivity index (χ3n) is 4.94. The van der Waals surface area contributed by atoms with Crippen molar-refractivity contribution < 1.29 is 27.2 Å². The summed E-state index contributed by atoms with van der Waals surface area (Å²) in [5.41, 5.74) is -1.41. The number of likely N-dealkylation sites (tertiary alicyclic amines) is 2. The predicted octanol–water partition coefficient (Wildman–Crippen LogP) is 3.66. The van der Waals surface area contributed by atoms with E-state index in [9.17, 15) is 27.2 Å². The minimum Gasteiger partial charge on any atom is -0.341 e. The molecule has 0 radical (unpaired) electrons. The number of piperidine rings is 1. The summed E-state index contributed by atoms with van der Waals surface area (Å²) in [5, 5.41) is 2.20. The number of amides is 3. The van der Waals surface area contributed by atoms with Crippen molar-refractivity contribution in [1.82, 2.24) is 9.80 Å². The van der Waals surface area contributed by atoms with Crippen molar-refractivity contribution in [3.63, 3.8) is 0 Å². The lowest BCUT2D eigenvalue weighted by Gasteiger charge is -2.32. The third kappa shape index (κ3) is 4.33. The van der Waals surface area contributed by atoms with Crippen LogP contribution in [0.15, 0.2) is 24.3 Å². The van der Waals surface area contributed by atoms with E-state index in [1.165, 1.54) is 12.1 Å². The van der Waals surface area contributed by atoms with Crippen molar-refractivity contribution in [1.29, 1.82) is 0 Å². The van der Waals surface area contributed by atoms with Gasteiger partial charge in [0.1, 0.15) is 12.2 Å². The summed E-state index contributed by atoms with van der Waals surface area (Å²) >= 11 is 0. The molecule has 27 heavy (non-hydrogen) atoms. The smallest absolute Gasteiger partial charge is 0.341 e. The lowest BCUT2D eigenvalue weighted by atomic mass is 10.1. The highest BCUT2D eigenvalue weighted by Gasteiger charge is 2.42. The van der Waals surface area contributed by atoms with Crippen molar-refractivity contribution in [2.75, 3.05) is 25.0 Å². The van der Waals surface area contributed by atoms with Crippen LogP contribution < -0.4 is 5.32 Å². The van der Waals surface area contributed by atoms with Crippen LogP contribution in [-0.2, 0) is 11.0 Å². The Balaban J connectivity index is 1.76. The van der Waals surface area contributed by atoms with Crippen LogP contribution in [0.2, 0.25) is 0 Å². The highest BCUT2D eigenvalue weighted by molar-refractivity contribution is 5.95. The van der Waals surface area contributed by atoms with Gasteiger partial charge >= 0.3 is 12.2 Å². The molecule has 3 rings (SSSR count). The Kier molecular flexibility index (Phi) is 5.57. The molecule has 0 spiro atoms. The maximum atomic E-state index is 13.9. The zero-order valence-electron chi connectivity index (χ0n) is 14.6. The molecule has 2 atom stereocenters. The van der Waals surface area contributed by atoms with Gasteiger partial charge in [0.15, 0.2) is 0 Å². The number of carbonyl (C=O) groups excluding carboxylic acids is 2. The first kappa shape index (κ1) is 19.4. The summed E-state index contributed by atoms with van der Waals surface area (Å²) in [6.45, 7) is 0.793. The number of halogens is 4. The molecule has 5 nitrogen and oxygen atoms in total. The van der Waals surface area contributed by atoms with Gasteiger partial charge in [0, 0.05) is 19.5 Å². The fourth-order valence-electron chi connectivity index (χ4n) is 3.59. The van der Waals surface area contributed by atoms with Crippen molar-refractivity contribution in [3.05, 3.63) is 29.8 Å². The number of hydrogen-bond donors (Lipinski definition) is 1. The molecule has 2 heterocycles. The standard InChI is InChI=1S/C18H21F4N3O2/c19-12-10-15(16(26)24-8-4-1-5-9-24)25(11-12)17(27)23-14-7-3-2-6-13(14)18(20,21)22/h2-3,6-7,12,15H,1,4-5,8-11H2,(H,23,27)/t12-,15-/m0/s1. The van der Waals surface area contributed by atoms with E-state index in [0.717, 1.165) is 36.3 Å². The molecule has 0 bridgehead atoms. The number of anilines is 1. The first-order valence-corrected chi connectivity index (χ1v) is 8.94. The second-order valence-electron chi connectivity index (χ2n) is 6.86. The first-order valence-electron chi connectivity index (χ1n) is 8.94. The molecule has 1 N–H and O–H groups in total. The van der Waals surface area contributed by atoms with Crippen LogP contribution in [0.25, 0.3) is 0 Å². The molecule has 0 saturated carbocycles. The molecular formula is C18H21F4N3O2. The molecule has 0 unspecified atom stereocenters. The predicted molar refractivity (Wildman–Crippen MR) is 90.9 cm³/mol. The Bertz CT molecular complexity index is 704. The van der Waals surface area contributed by atoms with Gasteiger partial charge in [-0.3, -0.25) is 4.79 Å². The van der Waals surface area contributed by atoms with Gasteiger partial charge < -0.3 is 15.1 Å². The molecule has 148 valence electrons. The molecule has 0 aliphatic carbocycles. The molecule has 0 aromatic heterocycles. The van der Waals surface area contributed by atoms with Crippen LogP contribution in [0.4, 0.5) is 28.0 Å². The Hall–Kier alpha value is -2.32. The van der Waals surface area contributed by atoms with Crippen LogP contribution in [0.3, 0.4) is 0 Å². The van der Waals surface area contributed by atoms with Gasteiger partial charge in [-0.15, -0.1) is 0 Å². The monoisotopic (exact) mass is 387 g/mol. The number of carbonyl (C=O) groups is 2. The maximum absolute atomic E-state index is 13.9. The SMILES string of the molecule is O=C([C@@H]1C[C@H](F)CN1C(=O)Nc1ccccc1C(F)(F)F)N1CCCCC1. The topological polar surface area (TPSA) is 52.7 Å².